The number of aromatic amines is 2. The quantitative estimate of drug-likeness (QED) is 0.461. The van der Waals surface area contributed by atoms with Gasteiger partial charge in [-0.3, -0.25) is 14.7 Å². The molecule has 3 aromatic rings. The number of aryl methyl sites for hydroxylation is 1. The van der Waals surface area contributed by atoms with E-state index in [0.29, 0.717) is 23.2 Å². The number of ether oxygens (including phenoxy) is 2. The number of rotatable bonds is 6. The molecule has 1 atom stereocenters. The number of carbonyl (C=O) groups is 1. The largest absolute Gasteiger partial charge is 0.506 e. The zero-order chi connectivity index (χ0) is 23.8. The fraction of sp³-hybridized carbons (Fsp3) is 0.360. The minimum atomic E-state index is -0.595. The average Bonchev–Trinajstić information content (AvgIpc) is 3.13. The standard InChI is InChI=1S/C25H27ClN2O5/c1-25(2)9-8-16-10-14(4-7-21(16)33-25)11-19-23(24(31)28-27-19)17(13-22(30)32-3)15-5-6-20(29)18(26)12-15/h4-7,10,12,17,29H,8-9,11,13H2,1-3H3,(H2,27,28,31). The second kappa shape index (κ2) is 8.98. The summed E-state index contributed by atoms with van der Waals surface area (Å²) in [5.74, 6) is -0.230. The number of fused-ring (bicyclic) bond motifs is 1. The molecule has 0 aliphatic carbocycles. The summed E-state index contributed by atoms with van der Waals surface area (Å²) in [6.07, 6.45) is 2.27. The first-order chi connectivity index (χ1) is 15.7. The van der Waals surface area contributed by atoms with Crippen LogP contribution in [0.1, 0.15) is 60.6 Å². The van der Waals surface area contributed by atoms with E-state index in [1.54, 1.807) is 12.1 Å². The van der Waals surface area contributed by atoms with Crippen LogP contribution in [-0.2, 0) is 22.4 Å². The van der Waals surface area contributed by atoms with Crippen molar-refractivity contribution < 1.29 is 19.4 Å². The van der Waals surface area contributed by atoms with Gasteiger partial charge in [-0.25, -0.2) is 0 Å². The Bertz CT molecular complexity index is 1240. The van der Waals surface area contributed by atoms with Crippen molar-refractivity contribution in [2.45, 2.75) is 51.0 Å². The van der Waals surface area contributed by atoms with E-state index in [2.05, 4.69) is 30.1 Å². The Hall–Kier alpha value is -3.19. The summed E-state index contributed by atoms with van der Waals surface area (Å²) in [5.41, 5.74) is 3.42. The molecule has 0 bridgehead atoms. The number of aromatic nitrogens is 2. The summed E-state index contributed by atoms with van der Waals surface area (Å²) in [6.45, 7) is 4.16. The molecule has 4 rings (SSSR count). The zero-order valence-corrected chi connectivity index (χ0v) is 19.6. The highest BCUT2D eigenvalue weighted by molar-refractivity contribution is 6.32. The number of carbonyl (C=O) groups excluding carboxylic acids is 1. The Morgan fingerprint density at radius 1 is 1.24 bits per heavy atom. The topological polar surface area (TPSA) is 104 Å². The number of H-pyrrole nitrogens is 2. The number of methoxy groups -OCH3 is 1. The molecule has 2 aromatic carbocycles. The van der Waals surface area contributed by atoms with Gasteiger partial charge < -0.3 is 19.7 Å². The average molecular weight is 471 g/mol. The maximum atomic E-state index is 12.8. The van der Waals surface area contributed by atoms with Gasteiger partial charge >= 0.3 is 5.97 Å². The summed E-state index contributed by atoms with van der Waals surface area (Å²) in [5, 5.41) is 15.6. The van der Waals surface area contributed by atoms with Crippen LogP contribution in [-0.4, -0.2) is 34.0 Å². The molecule has 2 heterocycles. The lowest BCUT2D eigenvalue weighted by Gasteiger charge is -2.32. The van der Waals surface area contributed by atoms with Crippen LogP contribution in [0.2, 0.25) is 5.02 Å². The molecule has 1 aromatic heterocycles. The number of hydrogen-bond donors (Lipinski definition) is 3. The highest BCUT2D eigenvalue weighted by Crippen LogP contribution is 2.36. The number of aromatic hydroxyl groups is 1. The molecule has 174 valence electrons. The number of phenols is 1. The summed E-state index contributed by atoms with van der Waals surface area (Å²) < 4.78 is 11.0. The van der Waals surface area contributed by atoms with Gasteiger partial charge in [0.1, 0.15) is 17.1 Å². The Kier molecular flexibility index (Phi) is 6.26. The molecule has 0 saturated heterocycles. The van der Waals surface area contributed by atoms with Crippen LogP contribution < -0.4 is 10.3 Å². The van der Waals surface area contributed by atoms with Crippen LogP contribution in [0.3, 0.4) is 0 Å². The molecule has 1 unspecified atom stereocenters. The monoisotopic (exact) mass is 470 g/mol. The molecular formula is C25H27ClN2O5. The second-order valence-electron chi connectivity index (χ2n) is 9.00. The zero-order valence-electron chi connectivity index (χ0n) is 18.8. The molecule has 1 aliphatic rings. The van der Waals surface area contributed by atoms with Gasteiger partial charge in [-0.2, -0.15) is 0 Å². The molecule has 8 heteroatoms. The molecule has 0 amide bonds. The summed E-state index contributed by atoms with van der Waals surface area (Å²) in [4.78, 5) is 25.0. The van der Waals surface area contributed by atoms with Crippen molar-refractivity contribution in [1.82, 2.24) is 10.2 Å². The number of halogens is 1. The van der Waals surface area contributed by atoms with E-state index >= 15 is 0 Å². The molecule has 33 heavy (non-hydrogen) atoms. The van der Waals surface area contributed by atoms with Crippen molar-refractivity contribution in [2.75, 3.05) is 7.11 Å². The molecule has 7 nitrogen and oxygen atoms in total. The van der Waals surface area contributed by atoms with Crippen molar-refractivity contribution >= 4 is 17.6 Å². The highest BCUT2D eigenvalue weighted by Gasteiger charge is 2.28. The van der Waals surface area contributed by atoms with Crippen LogP contribution >= 0.6 is 11.6 Å². The van der Waals surface area contributed by atoms with E-state index in [1.165, 1.54) is 13.2 Å². The Balaban J connectivity index is 1.70. The van der Waals surface area contributed by atoms with Gasteiger partial charge in [-0.15, -0.1) is 0 Å². The molecular weight excluding hydrogens is 444 g/mol. The molecule has 0 saturated carbocycles. The van der Waals surface area contributed by atoms with Gasteiger partial charge in [0, 0.05) is 23.6 Å². The van der Waals surface area contributed by atoms with Crippen LogP contribution in [0.15, 0.2) is 41.2 Å². The maximum absolute atomic E-state index is 12.8. The summed E-state index contributed by atoms with van der Waals surface area (Å²) in [7, 11) is 1.31. The predicted octanol–water partition coefficient (Wildman–Crippen LogP) is 4.45. The first-order valence-electron chi connectivity index (χ1n) is 10.8. The highest BCUT2D eigenvalue weighted by atomic mass is 35.5. The third-order valence-electron chi connectivity index (χ3n) is 6.11. The van der Waals surface area contributed by atoms with Crippen molar-refractivity contribution in [3.05, 3.63) is 79.7 Å². The smallest absolute Gasteiger partial charge is 0.306 e. The van der Waals surface area contributed by atoms with Crippen LogP contribution in [0, 0.1) is 0 Å². The molecule has 3 N–H and O–H groups in total. The maximum Gasteiger partial charge on any atom is 0.306 e. The second-order valence-corrected chi connectivity index (χ2v) is 9.40. The van der Waals surface area contributed by atoms with Crippen molar-refractivity contribution in [1.29, 1.82) is 0 Å². The fourth-order valence-electron chi connectivity index (χ4n) is 4.31. The third-order valence-corrected chi connectivity index (χ3v) is 6.41. The Morgan fingerprint density at radius 2 is 2.03 bits per heavy atom. The lowest BCUT2D eigenvalue weighted by molar-refractivity contribution is -0.140. The van der Waals surface area contributed by atoms with Gasteiger partial charge in [0.2, 0.25) is 0 Å². The van der Waals surface area contributed by atoms with Crippen molar-refractivity contribution in [3.63, 3.8) is 0 Å². The summed E-state index contributed by atoms with van der Waals surface area (Å²) >= 11 is 6.11. The number of phenolic OH excluding ortho intramolecular Hbond substituents is 1. The van der Waals surface area contributed by atoms with E-state index in [4.69, 9.17) is 21.1 Å². The molecule has 0 spiro atoms. The van der Waals surface area contributed by atoms with E-state index in [9.17, 15) is 14.7 Å². The predicted molar refractivity (Wildman–Crippen MR) is 125 cm³/mol. The lowest BCUT2D eigenvalue weighted by Crippen LogP contribution is -2.32. The van der Waals surface area contributed by atoms with E-state index in [1.807, 2.05) is 12.1 Å². The van der Waals surface area contributed by atoms with Crippen LogP contribution in [0.5, 0.6) is 11.5 Å². The minimum Gasteiger partial charge on any atom is -0.506 e. The lowest BCUT2D eigenvalue weighted by atomic mass is 9.87. The SMILES string of the molecule is COC(=O)CC(c1ccc(O)c(Cl)c1)c1c(Cc2ccc3c(c2)CCC(C)(C)O3)[nH][nH]c1=O. The van der Waals surface area contributed by atoms with Gasteiger partial charge in [0.15, 0.2) is 0 Å². The number of benzene rings is 2. The molecule has 0 radical (unpaired) electrons. The first-order valence-corrected chi connectivity index (χ1v) is 11.2. The van der Waals surface area contributed by atoms with Crippen molar-refractivity contribution in [2.24, 2.45) is 0 Å². The van der Waals surface area contributed by atoms with Gasteiger partial charge in [-0.1, -0.05) is 29.8 Å². The van der Waals surface area contributed by atoms with Crippen LogP contribution in [0.4, 0.5) is 0 Å². The minimum absolute atomic E-state index is 0.0430. The normalized spacial score (nSPS) is 15.4. The summed E-state index contributed by atoms with van der Waals surface area (Å²) in [6, 6.07) is 10.7. The number of esters is 1. The Morgan fingerprint density at radius 3 is 2.76 bits per heavy atom. The fourth-order valence-corrected chi connectivity index (χ4v) is 4.50. The van der Waals surface area contributed by atoms with Gasteiger partial charge in [0.05, 0.1) is 18.6 Å². The Labute approximate surface area is 196 Å². The van der Waals surface area contributed by atoms with Gasteiger partial charge in [-0.05, 0) is 61.6 Å². The van der Waals surface area contributed by atoms with E-state index < -0.39 is 11.9 Å². The number of hydrogen-bond acceptors (Lipinski definition) is 5. The van der Waals surface area contributed by atoms with Crippen molar-refractivity contribution in [3.8, 4) is 11.5 Å². The molecule has 1 aliphatic heterocycles. The number of nitrogens with one attached hydrogen (secondary N) is 2. The van der Waals surface area contributed by atoms with Crippen LogP contribution in [0.25, 0.3) is 0 Å². The van der Waals surface area contributed by atoms with E-state index in [-0.39, 0.29) is 28.4 Å². The van der Waals surface area contributed by atoms with Gasteiger partial charge in [0.25, 0.3) is 5.56 Å². The van der Waals surface area contributed by atoms with E-state index in [0.717, 1.165) is 29.7 Å². The first kappa shape index (κ1) is 23.0. The molecule has 0 fully saturated rings. The third kappa shape index (κ3) is 4.93.